The van der Waals surface area contributed by atoms with E-state index in [0.29, 0.717) is 0 Å². The van der Waals surface area contributed by atoms with Gasteiger partial charge in [-0.25, -0.2) is 8.93 Å². The molecule has 0 aliphatic rings. The molecule has 0 aromatic heterocycles. The molecule has 1 rings (SSSR count). The van der Waals surface area contributed by atoms with E-state index in [1.165, 1.54) is 0 Å². The normalized spacial score (nSPS) is 14.5. The van der Waals surface area contributed by atoms with Crippen molar-refractivity contribution >= 4 is 31.5 Å². The van der Waals surface area contributed by atoms with Gasteiger partial charge in [-0.1, -0.05) is 29.8 Å². The van der Waals surface area contributed by atoms with Crippen LogP contribution in [0.1, 0.15) is 20.3 Å². The largest absolute Gasteiger partial charge is 0.304 e. The van der Waals surface area contributed by atoms with Crippen LogP contribution in [0.5, 0.6) is 0 Å². The van der Waals surface area contributed by atoms with Crippen LogP contribution < -0.4 is 4.72 Å². The van der Waals surface area contributed by atoms with Gasteiger partial charge in [0, 0.05) is 15.9 Å². The summed E-state index contributed by atoms with van der Waals surface area (Å²) in [6.45, 7) is 8.17. The molecule has 0 fully saturated rings. The molecule has 1 aromatic carbocycles. The lowest BCUT2D eigenvalue weighted by atomic mass is 10.4. The van der Waals surface area contributed by atoms with Crippen LogP contribution in [0.3, 0.4) is 0 Å². The second-order valence-corrected chi connectivity index (χ2v) is 7.43. The Bertz CT molecular complexity index is 467. The fourth-order valence-corrected chi connectivity index (χ4v) is 3.30. The second kappa shape index (κ2) is 8.04. The molecule has 0 spiro atoms. The second-order valence-electron chi connectivity index (χ2n) is 4.40. The van der Waals surface area contributed by atoms with E-state index in [1.807, 2.05) is 24.3 Å². The van der Waals surface area contributed by atoms with Crippen molar-refractivity contribution in [1.82, 2.24) is 9.62 Å². The summed E-state index contributed by atoms with van der Waals surface area (Å²) in [5.41, 5.74) is 0. The monoisotopic (exact) mass is 346 g/mol. The van der Waals surface area contributed by atoms with Crippen molar-refractivity contribution in [2.45, 2.75) is 25.2 Å². The Balaban J connectivity index is 2.45. The summed E-state index contributed by atoms with van der Waals surface area (Å²) in [7, 11) is -2.38. The summed E-state index contributed by atoms with van der Waals surface area (Å²) in [5, 5.41) is 0. The third kappa shape index (κ3) is 5.65. The average Bonchev–Trinajstić information content (AvgIpc) is 2.39. The van der Waals surface area contributed by atoms with E-state index in [-0.39, 0.29) is 0 Å². The molecule has 0 saturated carbocycles. The van der Waals surface area contributed by atoms with Crippen molar-refractivity contribution in [2.24, 2.45) is 0 Å². The topological polar surface area (TPSA) is 32.3 Å². The minimum absolute atomic E-state index is 0.717. The minimum atomic E-state index is -2.38. The van der Waals surface area contributed by atoms with E-state index in [4.69, 9.17) is 0 Å². The smallest absolute Gasteiger partial charge is 0.0533 e. The molecule has 0 radical (unpaired) electrons. The first kappa shape index (κ1) is 16.7. The quantitative estimate of drug-likeness (QED) is 0.579. The molecule has 0 bridgehead atoms. The lowest BCUT2D eigenvalue weighted by molar-refractivity contribution is 0.300. The van der Waals surface area contributed by atoms with Gasteiger partial charge in [0.2, 0.25) is 0 Å². The molecular weight excluding hydrogens is 324 g/mol. The van der Waals surface area contributed by atoms with Crippen molar-refractivity contribution in [1.29, 1.82) is 0 Å². The summed E-state index contributed by atoms with van der Waals surface area (Å²) in [6, 6.07) is 7.46. The maximum Gasteiger partial charge on any atom is 0.0533 e. The standard InChI is InChI=1S/C14H23BrN2OS/c1-4-17(5-2)12-6-11-16-19(3,18)14-9-7-13(15)8-10-14/h7-10H,3-6,11-12H2,1-2H3,(H,16,18). The summed E-state index contributed by atoms with van der Waals surface area (Å²) in [4.78, 5) is 3.10. The zero-order chi connectivity index (χ0) is 14.3. The highest BCUT2D eigenvalue weighted by molar-refractivity contribution is 9.10. The third-order valence-electron chi connectivity index (χ3n) is 3.08. The lowest BCUT2D eigenvalue weighted by Gasteiger charge is -2.18. The van der Waals surface area contributed by atoms with Gasteiger partial charge in [0.15, 0.2) is 0 Å². The lowest BCUT2D eigenvalue weighted by Crippen LogP contribution is -2.29. The van der Waals surface area contributed by atoms with Gasteiger partial charge in [0.25, 0.3) is 0 Å². The van der Waals surface area contributed by atoms with Gasteiger partial charge in [0.1, 0.15) is 0 Å². The Morgan fingerprint density at radius 2 is 1.84 bits per heavy atom. The van der Waals surface area contributed by atoms with E-state index in [1.54, 1.807) is 0 Å². The van der Waals surface area contributed by atoms with Crippen LogP contribution in [-0.2, 0) is 9.71 Å². The third-order valence-corrected chi connectivity index (χ3v) is 5.31. The van der Waals surface area contributed by atoms with Gasteiger partial charge in [-0.2, -0.15) is 0 Å². The molecule has 3 nitrogen and oxygen atoms in total. The number of rotatable bonds is 8. The highest BCUT2D eigenvalue weighted by Gasteiger charge is 2.07. The molecule has 1 atom stereocenters. The zero-order valence-electron chi connectivity index (χ0n) is 11.7. The van der Waals surface area contributed by atoms with Crippen molar-refractivity contribution in [2.75, 3.05) is 26.2 Å². The average molecular weight is 347 g/mol. The van der Waals surface area contributed by atoms with E-state index in [9.17, 15) is 4.21 Å². The van der Waals surface area contributed by atoms with Gasteiger partial charge in [0.05, 0.1) is 9.71 Å². The number of nitrogens with one attached hydrogen (secondary N) is 1. The SMILES string of the molecule is C=S(=O)(NCCCN(CC)CC)c1ccc(Br)cc1. The van der Waals surface area contributed by atoms with Crippen LogP contribution in [0.4, 0.5) is 0 Å². The van der Waals surface area contributed by atoms with Crippen LogP contribution >= 0.6 is 15.9 Å². The Labute approximate surface area is 125 Å². The molecule has 0 heterocycles. The van der Waals surface area contributed by atoms with Crippen LogP contribution in [0.25, 0.3) is 0 Å². The van der Waals surface area contributed by atoms with Gasteiger partial charge in [-0.05, 0) is 56.2 Å². The number of hydrogen-bond acceptors (Lipinski definition) is 2. The summed E-state index contributed by atoms with van der Waals surface area (Å²) in [5.74, 6) is 3.81. The predicted molar refractivity (Wildman–Crippen MR) is 88.1 cm³/mol. The van der Waals surface area contributed by atoms with E-state index in [0.717, 1.165) is 42.0 Å². The van der Waals surface area contributed by atoms with Crippen LogP contribution in [0, 0.1) is 0 Å². The highest BCUT2D eigenvalue weighted by Crippen LogP contribution is 2.14. The Kier molecular flexibility index (Phi) is 7.07. The molecule has 1 aromatic rings. The maximum atomic E-state index is 12.4. The number of hydrogen-bond donors (Lipinski definition) is 1. The molecule has 1 unspecified atom stereocenters. The molecule has 0 amide bonds. The van der Waals surface area contributed by atoms with E-state index >= 15 is 0 Å². The molecule has 19 heavy (non-hydrogen) atoms. The summed E-state index contributed by atoms with van der Waals surface area (Å²) in [6.07, 6.45) is 0.977. The highest BCUT2D eigenvalue weighted by atomic mass is 79.9. The summed E-state index contributed by atoms with van der Waals surface area (Å²) >= 11 is 3.37. The Morgan fingerprint density at radius 1 is 1.26 bits per heavy atom. The van der Waals surface area contributed by atoms with Crippen LogP contribution in [0.2, 0.25) is 0 Å². The molecule has 0 aliphatic heterocycles. The van der Waals surface area contributed by atoms with Crippen molar-refractivity contribution < 1.29 is 4.21 Å². The minimum Gasteiger partial charge on any atom is -0.304 e. The molecular formula is C14H23BrN2OS. The van der Waals surface area contributed by atoms with Crippen LogP contribution in [0.15, 0.2) is 33.6 Å². The number of halogens is 1. The first-order valence-corrected chi connectivity index (χ1v) is 9.11. The summed E-state index contributed by atoms with van der Waals surface area (Å²) < 4.78 is 16.5. The predicted octanol–water partition coefficient (Wildman–Crippen LogP) is 2.76. The number of nitrogens with zero attached hydrogens (tertiary/aromatic N) is 1. The van der Waals surface area contributed by atoms with Gasteiger partial charge >= 0.3 is 0 Å². The molecule has 108 valence electrons. The first-order chi connectivity index (χ1) is 8.99. The molecule has 0 saturated heterocycles. The van der Waals surface area contributed by atoms with Crippen molar-refractivity contribution in [3.63, 3.8) is 0 Å². The fraction of sp³-hybridized carbons (Fsp3) is 0.500. The van der Waals surface area contributed by atoms with Gasteiger partial charge in [-0.3, -0.25) is 0 Å². The van der Waals surface area contributed by atoms with Gasteiger partial charge < -0.3 is 4.90 Å². The van der Waals surface area contributed by atoms with E-state index < -0.39 is 9.71 Å². The molecule has 0 aliphatic carbocycles. The maximum absolute atomic E-state index is 12.4. The Morgan fingerprint density at radius 3 is 2.37 bits per heavy atom. The van der Waals surface area contributed by atoms with Gasteiger partial charge in [-0.15, -0.1) is 0 Å². The van der Waals surface area contributed by atoms with Crippen LogP contribution in [-0.4, -0.2) is 41.2 Å². The van der Waals surface area contributed by atoms with Crippen molar-refractivity contribution in [3.8, 4) is 0 Å². The fourth-order valence-electron chi connectivity index (χ4n) is 1.82. The Hall–Kier alpha value is -0.360. The van der Waals surface area contributed by atoms with Crippen molar-refractivity contribution in [3.05, 3.63) is 28.7 Å². The molecule has 5 heteroatoms. The first-order valence-electron chi connectivity index (χ1n) is 6.59. The van der Waals surface area contributed by atoms with E-state index in [2.05, 4.69) is 45.3 Å². The number of benzene rings is 1. The zero-order valence-corrected chi connectivity index (χ0v) is 14.1. The molecule has 1 N–H and O–H groups in total.